The molecule has 1 radical (unpaired) electrons. The molecule has 0 aromatic heterocycles. The van der Waals surface area contributed by atoms with E-state index in [9.17, 15) is 0 Å². The summed E-state index contributed by atoms with van der Waals surface area (Å²) >= 11 is 0. The zero-order valence-corrected chi connectivity index (χ0v) is 12.0. The van der Waals surface area contributed by atoms with Crippen molar-refractivity contribution in [3.05, 3.63) is 81.7 Å². The first kappa shape index (κ1) is 11.6. The van der Waals surface area contributed by atoms with Gasteiger partial charge >= 0.3 is 0 Å². The standard InChI is InChI=1S/C21H17/c1-3-7-18-14(5-1)9-10-16-12-21-17(13-20(16)18)11-15-6-2-4-8-19(15)21/h1-2,4-9,13,16,21H,10-12H2. The third kappa shape index (κ3) is 1.62. The second kappa shape index (κ2) is 4.21. The molecule has 2 atom stereocenters. The minimum Gasteiger partial charge on any atom is -0.0760 e. The van der Waals surface area contributed by atoms with Crippen molar-refractivity contribution in [3.63, 3.8) is 0 Å². The average Bonchev–Trinajstić information content (AvgIpc) is 2.90. The second-order valence-electron chi connectivity index (χ2n) is 6.49. The zero-order valence-electron chi connectivity index (χ0n) is 12.0. The molecule has 0 N–H and O–H groups in total. The van der Waals surface area contributed by atoms with E-state index in [1.807, 2.05) is 6.07 Å². The molecule has 2 unspecified atom stereocenters. The fourth-order valence-electron chi connectivity index (χ4n) is 4.40. The van der Waals surface area contributed by atoms with Crippen molar-refractivity contribution in [3.8, 4) is 0 Å². The van der Waals surface area contributed by atoms with Crippen molar-refractivity contribution in [2.75, 3.05) is 0 Å². The molecule has 0 nitrogen and oxygen atoms in total. The lowest BCUT2D eigenvalue weighted by molar-refractivity contribution is 0.557. The Morgan fingerprint density at radius 3 is 3.05 bits per heavy atom. The molecule has 0 heterocycles. The van der Waals surface area contributed by atoms with Gasteiger partial charge in [-0.3, -0.25) is 0 Å². The highest BCUT2D eigenvalue weighted by atomic mass is 14.4. The first-order chi connectivity index (χ1) is 10.4. The van der Waals surface area contributed by atoms with E-state index in [4.69, 9.17) is 0 Å². The molecular formula is C21H17. The minimum atomic E-state index is 0.664. The maximum Gasteiger partial charge on any atom is 0.00634 e. The monoisotopic (exact) mass is 269 g/mol. The molecule has 0 spiro atoms. The first-order valence-electron chi connectivity index (χ1n) is 7.89. The predicted octanol–water partition coefficient (Wildman–Crippen LogP) is 3.11. The summed E-state index contributed by atoms with van der Waals surface area (Å²) in [7, 11) is 0. The maximum atomic E-state index is 3.26. The van der Waals surface area contributed by atoms with E-state index in [0.29, 0.717) is 11.8 Å². The summed E-state index contributed by atoms with van der Waals surface area (Å²) in [4.78, 5) is 0. The molecule has 0 saturated carbocycles. The van der Waals surface area contributed by atoms with E-state index in [0.717, 1.165) is 6.42 Å². The Balaban J connectivity index is 1.74. The van der Waals surface area contributed by atoms with Crippen LogP contribution in [0.3, 0.4) is 0 Å². The summed E-state index contributed by atoms with van der Waals surface area (Å²) in [5.74, 6) is 1.35. The lowest BCUT2D eigenvalue weighted by atomic mass is 9.74. The van der Waals surface area contributed by atoms with Crippen molar-refractivity contribution in [1.82, 2.24) is 0 Å². The van der Waals surface area contributed by atoms with Gasteiger partial charge in [-0.1, -0.05) is 54.1 Å². The van der Waals surface area contributed by atoms with E-state index < -0.39 is 0 Å². The van der Waals surface area contributed by atoms with Gasteiger partial charge in [0.25, 0.3) is 0 Å². The molecule has 0 heteroatoms. The Labute approximate surface area is 125 Å². The minimum absolute atomic E-state index is 0.664. The van der Waals surface area contributed by atoms with Gasteiger partial charge in [-0.25, -0.2) is 0 Å². The van der Waals surface area contributed by atoms with E-state index in [2.05, 4.69) is 54.6 Å². The normalized spacial score (nSPS) is 25.1. The molecule has 101 valence electrons. The van der Waals surface area contributed by atoms with Gasteiger partial charge in [-0.15, -0.1) is 0 Å². The van der Waals surface area contributed by atoms with Crippen LogP contribution in [0.1, 0.15) is 29.9 Å². The van der Waals surface area contributed by atoms with Crippen molar-refractivity contribution in [2.45, 2.75) is 25.2 Å². The van der Waals surface area contributed by atoms with Crippen LogP contribution in [-0.4, -0.2) is 0 Å². The van der Waals surface area contributed by atoms with E-state index in [1.165, 1.54) is 28.8 Å². The highest BCUT2D eigenvalue weighted by Gasteiger charge is 2.34. The number of benzene rings is 2. The van der Waals surface area contributed by atoms with Crippen LogP contribution in [0.15, 0.2) is 54.1 Å². The molecule has 3 aliphatic rings. The van der Waals surface area contributed by atoms with Gasteiger partial charge in [0, 0.05) is 5.92 Å². The predicted molar refractivity (Wildman–Crippen MR) is 86.1 cm³/mol. The third-order valence-corrected chi connectivity index (χ3v) is 5.40. The number of fused-ring (bicyclic) bond motifs is 5. The Hall–Kier alpha value is -2.08. The molecule has 2 aromatic rings. The Kier molecular flexibility index (Phi) is 2.32. The molecular weight excluding hydrogens is 252 g/mol. The molecule has 0 fully saturated rings. The lowest BCUT2D eigenvalue weighted by Gasteiger charge is -2.30. The fraction of sp³-hybridized carbons (Fsp3) is 0.238. The largest absolute Gasteiger partial charge is 0.0760 e. The van der Waals surface area contributed by atoms with Gasteiger partial charge in [0.15, 0.2) is 0 Å². The van der Waals surface area contributed by atoms with Crippen LogP contribution in [-0.2, 0) is 6.42 Å². The van der Waals surface area contributed by atoms with Crippen LogP contribution in [0.4, 0.5) is 0 Å². The number of hydrogen-bond donors (Lipinski definition) is 0. The second-order valence-corrected chi connectivity index (χ2v) is 6.49. The van der Waals surface area contributed by atoms with Crippen molar-refractivity contribution in [1.29, 1.82) is 0 Å². The van der Waals surface area contributed by atoms with Crippen LogP contribution < -0.4 is 10.4 Å². The van der Waals surface area contributed by atoms with Gasteiger partial charge in [0.05, 0.1) is 0 Å². The number of rotatable bonds is 0. The topological polar surface area (TPSA) is 0 Å². The number of hydrogen-bond acceptors (Lipinski definition) is 0. The Morgan fingerprint density at radius 2 is 2.05 bits per heavy atom. The van der Waals surface area contributed by atoms with E-state index in [-0.39, 0.29) is 0 Å². The van der Waals surface area contributed by atoms with Crippen molar-refractivity contribution in [2.24, 2.45) is 5.92 Å². The van der Waals surface area contributed by atoms with Crippen molar-refractivity contribution < 1.29 is 0 Å². The van der Waals surface area contributed by atoms with Crippen LogP contribution in [0.5, 0.6) is 0 Å². The highest BCUT2D eigenvalue weighted by molar-refractivity contribution is 5.68. The smallest absolute Gasteiger partial charge is 0.00634 e. The fourth-order valence-corrected chi connectivity index (χ4v) is 4.40. The summed E-state index contributed by atoms with van der Waals surface area (Å²) in [5, 5.41) is 2.81. The van der Waals surface area contributed by atoms with Gasteiger partial charge < -0.3 is 0 Å². The molecule has 2 aromatic carbocycles. The molecule has 0 saturated heterocycles. The lowest BCUT2D eigenvalue weighted by Crippen LogP contribution is -2.34. The van der Waals surface area contributed by atoms with E-state index >= 15 is 0 Å². The summed E-state index contributed by atoms with van der Waals surface area (Å²) in [6.45, 7) is 0. The van der Waals surface area contributed by atoms with Crippen LogP contribution in [0.25, 0.3) is 11.6 Å². The number of allylic oxidation sites excluding steroid dienone is 2. The Morgan fingerprint density at radius 1 is 1.10 bits per heavy atom. The quantitative estimate of drug-likeness (QED) is 0.689. The van der Waals surface area contributed by atoms with Gasteiger partial charge in [-0.05, 0) is 64.5 Å². The molecule has 0 bridgehead atoms. The molecule has 3 aliphatic carbocycles. The van der Waals surface area contributed by atoms with Gasteiger partial charge in [0.1, 0.15) is 0 Å². The van der Waals surface area contributed by atoms with Gasteiger partial charge in [0.2, 0.25) is 0 Å². The summed E-state index contributed by atoms with van der Waals surface area (Å²) in [5.41, 5.74) is 6.30. The maximum absolute atomic E-state index is 3.26. The van der Waals surface area contributed by atoms with Crippen molar-refractivity contribution >= 4 is 11.6 Å². The van der Waals surface area contributed by atoms with Crippen LogP contribution in [0.2, 0.25) is 0 Å². The summed E-state index contributed by atoms with van der Waals surface area (Å²) in [6, 6.07) is 18.7. The van der Waals surface area contributed by atoms with Crippen LogP contribution >= 0.6 is 0 Å². The first-order valence-corrected chi connectivity index (χ1v) is 7.89. The van der Waals surface area contributed by atoms with E-state index in [1.54, 1.807) is 16.7 Å². The zero-order chi connectivity index (χ0) is 13.8. The Bertz CT molecular complexity index is 882. The molecule has 0 aliphatic heterocycles. The van der Waals surface area contributed by atoms with Gasteiger partial charge in [-0.2, -0.15) is 0 Å². The molecule has 5 rings (SSSR count). The van der Waals surface area contributed by atoms with Crippen LogP contribution in [0, 0.1) is 12.0 Å². The highest BCUT2D eigenvalue weighted by Crippen LogP contribution is 2.47. The average molecular weight is 269 g/mol. The summed E-state index contributed by atoms with van der Waals surface area (Å²) in [6.07, 6.45) is 8.54. The molecule has 21 heavy (non-hydrogen) atoms. The SMILES string of the molecule is [c]1ccc2c(c1)=C1C=C3Cc4ccccc4C3CC1CC=2. The molecule has 0 amide bonds. The summed E-state index contributed by atoms with van der Waals surface area (Å²) < 4.78 is 0. The third-order valence-electron chi connectivity index (χ3n) is 5.40.